The molecule has 0 aliphatic rings. The smallest absolute Gasteiger partial charge is 0.125 e. The van der Waals surface area contributed by atoms with E-state index in [1.165, 1.54) is 0 Å². The summed E-state index contributed by atoms with van der Waals surface area (Å²) in [6.07, 6.45) is 1.69. The summed E-state index contributed by atoms with van der Waals surface area (Å²) in [6, 6.07) is 3.77. The Kier molecular flexibility index (Phi) is 5.14. The Morgan fingerprint density at radius 3 is 2.81 bits per heavy atom. The average molecular weight is 238 g/mol. The summed E-state index contributed by atoms with van der Waals surface area (Å²) in [5.74, 6) is 0.851. The first-order chi connectivity index (χ1) is 7.63. The highest BCUT2D eigenvalue weighted by molar-refractivity contribution is 7.80. The molecular formula is C11H18N4S. The summed E-state index contributed by atoms with van der Waals surface area (Å²) in [7, 11) is 2.09. The molecule has 4 nitrogen and oxygen atoms in total. The van der Waals surface area contributed by atoms with Gasteiger partial charge in [-0.2, -0.15) is 0 Å². The number of aromatic nitrogens is 1. The van der Waals surface area contributed by atoms with Crippen molar-refractivity contribution in [3.8, 4) is 0 Å². The molecule has 0 aliphatic carbocycles. The summed E-state index contributed by atoms with van der Waals surface area (Å²) in [4.78, 5) is 6.84. The van der Waals surface area contributed by atoms with Crippen molar-refractivity contribution in [3.63, 3.8) is 0 Å². The van der Waals surface area contributed by atoms with E-state index in [0.717, 1.165) is 31.0 Å². The molecule has 0 bridgehead atoms. The predicted molar refractivity (Wildman–Crippen MR) is 71.8 cm³/mol. The van der Waals surface area contributed by atoms with Crippen molar-refractivity contribution in [3.05, 3.63) is 23.9 Å². The maximum atomic E-state index is 5.49. The molecule has 0 aromatic carbocycles. The lowest BCUT2D eigenvalue weighted by Crippen LogP contribution is -2.24. The number of nitrogens with zero attached hydrogens (tertiary/aromatic N) is 2. The second-order valence-electron chi connectivity index (χ2n) is 3.62. The molecule has 0 saturated carbocycles. The number of thiocarbonyl (C=S) groups is 1. The molecule has 16 heavy (non-hydrogen) atoms. The Labute approximate surface area is 102 Å². The molecule has 0 atom stereocenters. The van der Waals surface area contributed by atoms with E-state index in [9.17, 15) is 0 Å². The number of likely N-dealkylation sites (N-methyl/N-ethyl adjacent to an activating group) is 1. The Morgan fingerprint density at radius 2 is 2.31 bits per heavy atom. The van der Waals surface area contributed by atoms with Gasteiger partial charge in [-0.25, -0.2) is 4.98 Å². The molecule has 1 aromatic heterocycles. The van der Waals surface area contributed by atoms with Crippen molar-refractivity contribution < 1.29 is 0 Å². The predicted octanol–water partition coefficient (Wildman–Crippen LogP) is 1.08. The number of anilines is 1. The summed E-state index contributed by atoms with van der Waals surface area (Å²) < 4.78 is 0. The zero-order valence-corrected chi connectivity index (χ0v) is 10.5. The van der Waals surface area contributed by atoms with Crippen LogP contribution in [0.3, 0.4) is 0 Å². The van der Waals surface area contributed by atoms with Crippen LogP contribution < -0.4 is 11.1 Å². The number of hydrogen-bond donors (Lipinski definition) is 2. The molecule has 0 aliphatic heterocycles. The summed E-state index contributed by atoms with van der Waals surface area (Å²) in [6.45, 7) is 5.06. The molecule has 1 heterocycles. The van der Waals surface area contributed by atoms with Gasteiger partial charge in [0.2, 0.25) is 0 Å². The van der Waals surface area contributed by atoms with Crippen LogP contribution in [0.1, 0.15) is 12.5 Å². The van der Waals surface area contributed by atoms with Gasteiger partial charge < -0.3 is 16.0 Å². The highest BCUT2D eigenvalue weighted by Crippen LogP contribution is 2.04. The molecule has 3 N–H and O–H groups in total. The fourth-order valence-corrected chi connectivity index (χ4v) is 1.30. The topological polar surface area (TPSA) is 54.2 Å². The summed E-state index contributed by atoms with van der Waals surface area (Å²) >= 11 is 4.85. The van der Waals surface area contributed by atoms with Crippen LogP contribution in [0.25, 0.3) is 0 Å². The lowest BCUT2D eigenvalue weighted by atomic mass is 10.3. The largest absolute Gasteiger partial charge is 0.389 e. The van der Waals surface area contributed by atoms with Crippen molar-refractivity contribution in [2.45, 2.75) is 6.92 Å². The SMILES string of the molecule is CCN(C)CCNc1ccc(C(N)=S)cn1. The monoisotopic (exact) mass is 238 g/mol. The van der Waals surface area contributed by atoms with E-state index in [2.05, 4.69) is 29.2 Å². The zero-order valence-electron chi connectivity index (χ0n) is 9.73. The Hall–Kier alpha value is -1.20. The molecule has 0 fully saturated rings. The first kappa shape index (κ1) is 12.9. The van der Waals surface area contributed by atoms with Crippen LogP contribution in [-0.4, -0.2) is 41.6 Å². The Morgan fingerprint density at radius 1 is 1.56 bits per heavy atom. The zero-order chi connectivity index (χ0) is 12.0. The number of nitrogens with one attached hydrogen (secondary N) is 1. The average Bonchev–Trinajstić information content (AvgIpc) is 2.29. The van der Waals surface area contributed by atoms with Gasteiger partial charge >= 0.3 is 0 Å². The molecule has 1 rings (SSSR count). The van der Waals surface area contributed by atoms with Gasteiger partial charge in [0, 0.05) is 24.8 Å². The maximum Gasteiger partial charge on any atom is 0.125 e. The van der Waals surface area contributed by atoms with E-state index in [0.29, 0.717) is 4.99 Å². The Balaban J connectivity index is 2.40. The van der Waals surface area contributed by atoms with Crippen LogP contribution in [0.4, 0.5) is 5.82 Å². The number of rotatable bonds is 6. The molecule has 1 aromatic rings. The second kappa shape index (κ2) is 6.40. The van der Waals surface area contributed by atoms with Crippen LogP contribution in [0, 0.1) is 0 Å². The first-order valence-electron chi connectivity index (χ1n) is 5.31. The van der Waals surface area contributed by atoms with Gasteiger partial charge in [-0.05, 0) is 25.7 Å². The number of nitrogens with two attached hydrogens (primary N) is 1. The van der Waals surface area contributed by atoms with Gasteiger partial charge in [-0.1, -0.05) is 19.1 Å². The lowest BCUT2D eigenvalue weighted by molar-refractivity contribution is 0.367. The molecular weight excluding hydrogens is 220 g/mol. The highest BCUT2D eigenvalue weighted by Gasteiger charge is 1.98. The molecule has 88 valence electrons. The normalized spacial score (nSPS) is 10.4. The van der Waals surface area contributed by atoms with Gasteiger partial charge in [-0.15, -0.1) is 0 Å². The summed E-state index contributed by atoms with van der Waals surface area (Å²) in [5, 5.41) is 3.24. The molecule has 0 saturated heterocycles. The fraction of sp³-hybridized carbons (Fsp3) is 0.455. The van der Waals surface area contributed by atoms with Crippen LogP contribution in [0.2, 0.25) is 0 Å². The van der Waals surface area contributed by atoms with Gasteiger partial charge in [0.15, 0.2) is 0 Å². The fourth-order valence-electron chi connectivity index (χ4n) is 1.18. The van der Waals surface area contributed by atoms with Crippen LogP contribution >= 0.6 is 12.2 Å². The van der Waals surface area contributed by atoms with Gasteiger partial charge in [0.05, 0.1) is 0 Å². The minimum absolute atomic E-state index is 0.379. The van der Waals surface area contributed by atoms with Crippen molar-refractivity contribution >= 4 is 23.0 Å². The number of hydrogen-bond acceptors (Lipinski definition) is 4. The van der Waals surface area contributed by atoms with Gasteiger partial charge in [0.1, 0.15) is 10.8 Å². The van der Waals surface area contributed by atoms with Crippen LogP contribution in [0.5, 0.6) is 0 Å². The molecule has 5 heteroatoms. The summed E-state index contributed by atoms with van der Waals surface area (Å²) in [5.41, 5.74) is 6.28. The third kappa shape index (κ3) is 4.12. The van der Waals surface area contributed by atoms with Crippen molar-refractivity contribution in [1.29, 1.82) is 0 Å². The lowest BCUT2D eigenvalue weighted by Gasteiger charge is -2.14. The van der Waals surface area contributed by atoms with E-state index < -0.39 is 0 Å². The van der Waals surface area contributed by atoms with E-state index in [1.807, 2.05) is 12.1 Å². The van der Waals surface area contributed by atoms with E-state index in [1.54, 1.807) is 6.20 Å². The highest BCUT2D eigenvalue weighted by atomic mass is 32.1. The standard InChI is InChI=1S/C11H18N4S/c1-3-15(2)7-6-13-10-5-4-9(8-14-10)11(12)16/h4-5,8H,3,6-7H2,1-2H3,(H2,12,16)(H,13,14). The van der Waals surface area contributed by atoms with Crippen molar-refractivity contribution in [1.82, 2.24) is 9.88 Å². The minimum Gasteiger partial charge on any atom is -0.389 e. The third-order valence-electron chi connectivity index (χ3n) is 2.39. The Bertz CT molecular complexity index is 336. The molecule has 0 spiro atoms. The van der Waals surface area contributed by atoms with Gasteiger partial charge in [0.25, 0.3) is 0 Å². The quantitative estimate of drug-likeness (QED) is 0.726. The van der Waals surface area contributed by atoms with Crippen molar-refractivity contribution in [2.75, 3.05) is 32.0 Å². The first-order valence-corrected chi connectivity index (χ1v) is 5.72. The van der Waals surface area contributed by atoms with Gasteiger partial charge in [-0.3, -0.25) is 0 Å². The maximum absolute atomic E-state index is 5.49. The third-order valence-corrected chi connectivity index (χ3v) is 2.62. The van der Waals surface area contributed by atoms with E-state index in [-0.39, 0.29) is 0 Å². The van der Waals surface area contributed by atoms with E-state index >= 15 is 0 Å². The molecule has 0 unspecified atom stereocenters. The molecule has 0 amide bonds. The molecule has 0 radical (unpaired) electrons. The second-order valence-corrected chi connectivity index (χ2v) is 4.06. The van der Waals surface area contributed by atoms with Crippen LogP contribution in [0.15, 0.2) is 18.3 Å². The van der Waals surface area contributed by atoms with Crippen LogP contribution in [-0.2, 0) is 0 Å². The van der Waals surface area contributed by atoms with E-state index in [4.69, 9.17) is 18.0 Å². The van der Waals surface area contributed by atoms with Crippen molar-refractivity contribution in [2.24, 2.45) is 5.73 Å². The minimum atomic E-state index is 0.379. The number of pyridine rings is 1.